The molecule has 3 aromatic rings. The number of para-hydroxylation sites is 1. The van der Waals surface area contributed by atoms with Crippen molar-refractivity contribution in [2.75, 3.05) is 19.0 Å². The molecule has 0 aliphatic carbocycles. The first kappa shape index (κ1) is 18.1. The maximum atomic E-state index is 12.7. The number of fused-ring (bicyclic) bond motifs is 1. The van der Waals surface area contributed by atoms with Crippen LogP contribution in [0.2, 0.25) is 0 Å². The molecular weight excluding hydrogens is 352 g/mol. The van der Waals surface area contributed by atoms with Gasteiger partial charge < -0.3 is 20.4 Å². The molecule has 1 amide bonds. The van der Waals surface area contributed by atoms with Crippen LogP contribution in [0.15, 0.2) is 36.7 Å². The molecule has 0 spiro atoms. The van der Waals surface area contributed by atoms with Gasteiger partial charge in [-0.1, -0.05) is 19.1 Å². The molecule has 4 rings (SSSR count). The zero-order valence-electron chi connectivity index (χ0n) is 16.3. The summed E-state index contributed by atoms with van der Waals surface area (Å²) in [6, 6.07) is 7.93. The molecule has 1 aliphatic rings. The van der Waals surface area contributed by atoms with Gasteiger partial charge in [-0.2, -0.15) is 0 Å². The minimum Gasteiger partial charge on any atom is -0.494 e. The second-order valence-corrected chi connectivity index (χ2v) is 6.90. The smallest absolute Gasteiger partial charge is 0.255 e. The van der Waals surface area contributed by atoms with Crippen LogP contribution in [0.5, 0.6) is 5.75 Å². The lowest BCUT2D eigenvalue weighted by Gasteiger charge is -2.17. The van der Waals surface area contributed by atoms with E-state index in [4.69, 9.17) is 4.74 Å². The molecule has 0 atom stereocenters. The van der Waals surface area contributed by atoms with E-state index in [9.17, 15) is 4.79 Å². The first-order valence-corrected chi connectivity index (χ1v) is 9.51. The Morgan fingerprint density at radius 3 is 2.93 bits per heavy atom. The number of aromatic amines is 1. The Morgan fingerprint density at radius 1 is 1.29 bits per heavy atom. The predicted octanol–water partition coefficient (Wildman–Crippen LogP) is 3.99. The number of carbonyl (C=O) groups excluding carboxylic acids is 1. The van der Waals surface area contributed by atoms with E-state index in [0.717, 1.165) is 58.0 Å². The Hall–Kier alpha value is -3.28. The van der Waals surface area contributed by atoms with Crippen molar-refractivity contribution in [1.82, 2.24) is 15.3 Å². The van der Waals surface area contributed by atoms with Gasteiger partial charge in [0.2, 0.25) is 0 Å². The summed E-state index contributed by atoms with van der Waals surface area (Å²) in [5, 5.41) is 6.44. The van der Waals surface area contributed by atoms with E-state index in [1.54, 1.807) is 13.3 Å². The number of nitrogens with zero attached hydrogens (tertiary/aromatic N) is 1. The highest BCUT2D eigenvalue weighted by molar-refractivity contribution is 6.06. The molecule has 1 aromatic carbocycles. The molecule has 6 nitrogen and oxygen atoms in total. The number of hydrogen-bond acceptors (Lipinski definition) is 4. The normalized spacial score (nSPS) is 13.0. The van der Waals surface area contributed by atoms with Gasteiger partial charge in [0.1, 0.15) is 5.75 Å². The quantitative estimate of drug-likeness (QED) is 0.629. The molecule has 6 heteroatoms. The zero-order valence-corrected chi connectivity index (χ0v) is 16.3. The largest absolute Gasteiger partial charge is 0.494 e. The van der Waals surface area contributed by atoms with Crippen molar-refractivity contribution in [2.45, 2.75) is 26.7 Å². The molecule has 0 saturated heterocycles. The molecule has 0 radical (unpaired) electrons. The Kier molecular flexibility index (Phi) is 4.77. The highest BCUT2D eigenvalue weighted by Crippen LogP contribution is 2.40. The number of carbonyl (C=O) groups is 1. The van der Waals surface area contributed by atoms with E-state index in [2.05, 4.69) is 27.5 Å². The molecule has 3 N–H and O–H groups in total. The number of anilines is 2. The molecule has 0 fully saturated rings. The second-order valence-electron chi connectivity index (χ2n) is 6.90. The summed E-state index contributed by atoms with van der Waals surface area (Å²) >= 11 is 0. The van der Waals surface area contributed by atoms with E-state index in [1.165, 1.54) is 0 Å². The van der Waals surface area contributed by atoms with Crippen LogP contribution in [0.3, 0.4) is 0 Å². The molecule has 0 unspecified atom stereocenters. The van der Waals surface area contributed by atoms with Gasteiger partial charge in [-0.25, -0.2) is 0 Å². The van der Waals surface area contributed by atoms with Gasteiger partial charge in [0.25, 0.3) is 5.91 Å². The van der Waals surface area contributed by atoms with Crippen LogP contribution in [-0.2, 0) is 12.8 Å². The zero-order chi connectivity index (χ0) is 19.7. The fourth-order valence-electron chi connectivity index (χ4n) is 3.82. The maximum Gasteiger partial charge on any atom is 0.255 e. The number of amides is 1. The van der Waals surface area contributed by atoms with Crippen molar-refractivity contribution in [1.29, 1.82) is 0 Å². The summed E-state index contributed by atoms with van der Waals surface area (Å²) < 4.78 is 5.60. The third-order valence-electron chi connectivity index (χ3n) is 5.19. The summed E-state index contributed by atoms with van der Waals surface area (Å²) in [6.07, 6.45) is 5.29. The fraction of sp³-hybridized carbons (Fsp3) is 0.273. The van der Waals surface area contributed by atoms with Crippen LogP contribution in [-0.4, -0.2) is 29.5 Å². The third-order valence-corrected chi connectivity index (χ3v) is 5.19. The number of benzene rings is 1. The number of nitrogens with one attached hydrogen (secondary N) is 3. The van der Waals surface area contributed by atoms with Gasteiger partial charge in [0, 0.05) is 36.6 Å². The number of pyridine rings is 1. The minimum absolute atomic E-state index is 0.0648. The molecule has 0 saturated carbocycles. The Balaban J connectivity index is 1.92. The first-order valence-electron chi connectivity index (χ1n) is 9.51. The summed E-state index contributed by atoms with van der Waals surface area (Å²) in [5.74, 6) is 0.704. The van der Waals surface area contributed by atoms with E-state index in [0.29, 0.717) is 12.1 Å². The lowest BCUT2D eigenvalue weighted by atomic mass is 10.0. The average Bonchev–Trinajstić information content (AvgIpc) is 3.07. The van der Waals surface area contributed by atoms with Gasteiger partial charge in [0.15, 0.2) is 0 Å². The summed E-state index contributed by atoms with van der Waals surface area (Å²) in [6.45, 7) is 4.74. The Bertz CT molecular complexity index is 1040. The van der Waals surface area contributed by atoms with Crippen molar-refractivity contribution >= 4 is 17.3 Å². The number of H-pyrrole nitrogens is 1. The van der Waals surface area contributed by atoms with Gasteiger partial charge in [-0.05, 0) is 36.6 Å². The van der Waals surface area contributed by atoms with Crippen LogP contribution in [0.25, 0.3) is 11.3 Å². The van der Waals surface area contributed by atoms with E-state index < -0.39 is 0 Å². The van der Waals surface area contributed by atoms with Gasteiger partial charge in [-0.15, -0.1) is 0 Å². The monoisotopic (exact) mass is 376 g/mol. The third kappa shape index (κ3) is 3.01. The summed E-state index contributed by atoms with van der Waals surface area (Å²) in [5.41, 5.74) is 7.34. The predicted molar refractivity (Wildman–Crippen MR) is 110 cm³/mol. The summed E-state index contributed by atoms with van der Waals surface area (Å²) in [7, 11) is 1.66. The number of hydrogen-bond donors (Lipinski definition) is 3. The molecular formula is C22H24N4O2. The van der Waals surface area contributed by atoms with E-state index in [-0.39, 0.29) is 5.91 Å². The van der Waals surface area contributed by atoms with Crippen molar-refractivity contribution in [3.63, 3.8) is 0 Å². The van der Waals surface area contributed by atoms with Crippen molar-refractivity contribution in [2.24, 2.45) is 0 Å². The molecule has 1 aliphatic heterocycles. The van der Waals surface area contributed by atoms with Crippen LogP contribution in [0.4, 0.5) is 11.4 Å². The second kappa shape index (κ2) is 7.38. The number of rotatable bonds is 5. The SMILES string of the molecule is CCc1cnccc1-c1[nH]c2c(c1Nc1cccc(C)c1OC)C(=O)NCC2. The minimum atomic E-state index is -0.0648. The highest BCUT2D eigenvalue weighted by Gasteiger charge is 2.28. The number of methoxy groups -OCH3 is 1. The van der Waals surface area contributed by atoms with Crippen LogP contribution in [0.1, 0.15) is 34.1 Å². The van der Waals surface area contributed by atoms with Crippen molar-refractivity contribution < 1.29 is 9.53 Å². The Morgan fingerprint density at radius 2 is 2.14 bits per heavy atom. The molecule has 2 aromatic heterocycles. The molecule has 0 bridgehead atoms. The number of aromatic nitrogens is 2. The first-order chi connectivity index (χ1) is 13.6. The van der Waals surface area contributed by atoms with Crippen LogP contribution >= 0.6 is 0 Å². The van der Waals surface area contributed by atoms with Gasteiger partial charge >= 0.3 is 0 Å². The van der Waals surface area contributed by atoms with E-state index >= 15 is 0 Å². The van der Waals surface area contributed by atoms with Crippen LogP contribution in [0, 0.1) is 6.92 Å². The summed E-state index contributed by atoms with van der Waals surface area (Å²) in [4.78, 5) is 20.5. The molecule has 28 heavy (non-hydrogen) atoms. The van der Waals surface area contributed by atoms with Crippen LogP contribution < -0.4 is 15.4 Å². The molecule has 144 valence electrons. The fourth-order valence-corrected chi connectivity index (χ4v) is 3.82. The highest BCUT2D eigenvalue weighted by atomic mass is 16.5. The van der Waals surface area contributed by atoms with Gasteiger partial charge in [0.05, 0.1) is 29.7 Å². The van der Waals surface area contributed by atoms with E-state index in [1.807, 2.05) is 37.4 Å². The average molecular weight is 376 g/mol. The number of aryl methyl sites for hydroxylation is 2. The lowest BCUT2D eigenvalue weighted by Crippen LogP contribution is -2.31. The lowest BCUT2D eigenvalue weighted by molar-refractivity contribution is 0.0947. The van der Waals surface area contributed by atoms with Gasteiger partial charge in [-0.3, -0.25) is 9.78 Å². The van der Waals surface area contributed by atoms with Crippen molar-refractivity contribution in [3.05, 3.63) is 59.0 Å². The topological polar surface area (TPSA) is 79.0 Å². The number of ether oxygens (including phenoxy) is 1. The maximum absolute atomic E-state index is 12.7. The van der Waals surface area contributed by atoms with Crippen molar-refractivity contribution in [3.8, 4) is 17.0 Å². The Labute approximate surface area is 164 Å². The standard InChI is InChI=1S/C22H24N4O2/c1-4-14-12-23-10-8-15(14)19-20(18-16(25-19)9-11-24-22(18)27)26-17-7-5-6-13(2)21(17)28-3/h5-8,10,12,25-26H,4,9,11H2,1-3H3,(H,24,27). The molecule has 3 heterocycles.